The fourth-order valence-corrected chi connectivity index (χ4v) is 2.10. The van der Waals surface area contributed by atoms with Crippen LogP contribution < -0.4 is 5.32 Å². The zero-order chi connectivity index (χ0) is 12.3. The average molecular weight is 226 g/mol. The minimum absolute atomic E-state index is 0.188. The maximum atomic E-state index is 11.6. The molecular formula is C13H26N2O. The highest BCUT2D eigenvalue weighted by molar-refractivity contribution is 5.78. The van der Waals surface area contributed by atoms with E-state index in [9.17, 15) is 4.79 Å². The van der Waals surface area contributed by atoms with Gasteiger partial charge in [-0.3, -0.25) is 4.79 Å². The first-order valence-corrected chi connectivity index (χ1v) is 6.34. The molecule has 94 valence electrons. The second kappa shape index (κ2) is 5.17. The predicted molar refractivity (Wildman–Crippen MR) is 67.3 cm³/mol. The van der Waals surface area contributed by atoms with Crippen molar-refractivity contribution in [1.82, 2.24) is 10.2 Å². The first kappa shape index (κ1) is 13.5. The third-order valence-corrected chi connectivity index (χ3v) is 3.15. The van der Waals surface area contributed by atoms with Crippen LogP contribution >= 0.6 is 0 Å². The quantitative estimate of drug-likeness (QED) is 0.795. The van der Waals surface area contributed by atoms with Crippen molar-refractivity contribution in [3.63, 3.8) is 0 Å². The first-order valence-electron chi connectivity index (χ1n) is 6.34. The largest absolute Gasteiger partial charge is 0.341 e. The van der Waals surface area contributed by atoms with E-state index in [1.165, 1.54) is 0 Å². The molecule has 1 aliphatic heterocycles. The predicted octanol–water partition coefficient (Wildman–Crippen LogP) is 2.02. The topological polar surface area (TPSA) is 32.3 Å². The van der Waals surface area contributed by atoms with E-state index < -0.39 is 0 Å². The van der Waals surface area contributed by atoms with Crippen molar-refractivity contribution in [3.05, 3.63) is 0 Å². The molecule has 1 fully saturated rings. The zero-order valence-electron chi connectivity index (χ0n) is 11.3. The molecule has 1 rings (SSSR count). The van der Waals surface area contributed by atoms with E-state index in [0.29, 0.717) is 18.0 Å². The van der Waals surface area contributed by atoms with Crippen molar-refractivity contribution in [2.45, 2.75) is 59.5 Å². The molecule has 16 heavy (non-hydrogen) atoms. The maximum absolute atomic E-state index is 11.6. The van der Waals surface area contributed by atoms with Crippen molar-refractivity contribution in [2.24, 2.45) is 5.41 Å². The number of nitrogens with zero attached hydrogens (tertiary/aromatic N) is 1. The SMILES string of the molecule is CC(C)N[C@H](CN1CCCC1=O)C(C)(C)C. The summed E-state index contributed by atoms with van der Waals surface area (Å²) in [5.41, 5.74) is 0.188. The summed E-state index contributed by atoms with van der Waals surface area (Å²) < 4.78 is 0. The normalized spacial score (nSPS) is 19.6. The van der Waals surface area contributed by atoms with Crippen LogP contribution in [-0.2, 0) is 4.79 Å². The first-order chi connectivity index (χ1) is 7.30. The monoisotopic (exact) mass is 226 g/mol. The minimum Gasteiger partial charge on any atom is -0.341 e. The van der Waals surface area contributed by atoms with Crippen LogP contribution in [0.2, 0.25) is 0 Å². The number of hydrogen-bond acceptors (Lipinski definition) is 2. The van der Waals surface area contributed by atoms with E-state index in [4.69, 9.17) is 0 Å². The van der Waals surface area contributed by atoms with Crippen LogP contribution in [0.3, 0.4) is 0 Å². The summed E-state index contributed by atoms with van der Waals surface area (Å²) in [6.07, 6.45) is 1.76. The molecule has 1 heterocycles. The number of amides is 1. The summed E-state index contributed by atoms with van der Waals surface area (Å²) in [6.45, 7) is 12.8. The Bertz CT molecular complexity index is 243. The van der Waals surface area contributed by atoms with Crippen molar-refractivity contribution in [1.29, 1.82) is 0 Å². The molecule has 0 aromatic heterocycles. The molecule has 1 aliphatic rings. The van der Waals surface area contributed by atoms with Crippen molar-refractivity contribution in [2.75, 3.05) is 13.1 Å². The van der Waals surface area contributed by atoms with E-state index in [1.54, 1.807) is 0 Å². The number of carbonyl (C=O) groups is 1. The van der Waals surface area contributed by atoms with Gasteiger partial charge in [-0.2, -0.15) is 0 Å². The van der Waals surface area contributed by atoms with E-state index >= 15 is 0 Å². The molecule has 0 spiro atoms. The smallest absolute Gasteiger partial charge is 0.222 e. The lowest BCUT2D eigenvalue weighted by Gasteiger charge is -2.36. The molecule has 0 unspecified atom stereocenters. The standard InChI is InChI=1S/C13H26N2O/c1-10(2)14-11(13(3,4)5)9-15-8-6-7-12(15)16/h10-11,14H,6-9H2,1-5H3/t11-/m1/s1. The molecule has 0 aliphatic carbocycles. The molecule has 0 bridgehead atoms. The second-order valence-electron chi connectivity index (χ2n) is 6.18. The summed E-state index contributed by atoms with van der Waals surface area (Å²) in [5.74, 6) is 0.319. The Kier molecular flexibility index (Phi) is 4.36. The molecule has 1 N–H and O–H groups in total. The molecule has 0 aromatic rings. The molecule has 1 saturated heterocycles. The van der Waals surface area contributed by atoms with E-state index in [0.717, 1.165) is 25.9 Å². The molecule has 0 aromatic carbocycles. The van der Waals surface area contributed by atoms with E-state index in [1.807, 2.05) is 4.90 Å². The van der Waals surface area contributed by atoms with Crippen LogP contribution in [0.15, 0.2) is 0 Å². The van der Waals surface area contributed by atoms with Gasteiger partial charge in [0, 0.05) is 31.6 Å². The number of hydrogen-bond donors (Lipinski definition) is 1. The fourth-order valence-electron chi connectivity index (χ4n) is 2.10. The molecule has 0 radical (unpaired) electrons. The van der Waals surface area contributed by atoms with Crippen molar-refractivity contribution in [3.8, 4) is 0 Å². The molecule has 1 atom stereocenters. The van der Waals surface area contributed by atoms with Gasteiger partial charge in [0.25, 0.3) is 0 Å². The summed E-state index contributed by atoms with van der Waals surface area (Å²) >= 11 is 0. The fraction of sp³-hybridized carbons (Fsp3) is 0.923. The van der Waals surface area contributed by atoms with Crippen LogP contribution in [0.25, 0.3) is 0 Å². The molecule has 3 nitrogen and oxygen atoms in total. The van der Waals surface area contributed by atoms with Gasteiger partial charge in [0.15, 0.2) is 0 Å². The van der Waals surface area contributed by atoms with Gasteiger partial charge in [0.2, 0.25) is 5.91 Å². The Morgan fingerprint density at radius 1 is 1.38 bits per heavy atom. The molecule has 0 saturated carbocycles. The number of carbonyl (C=O) groups excluding carboxylic acids is 1. The summed E-state index contributed by atoms with van der Waals surface area (Å²) in [7, 11) is 0. The average Bonchev–Trinajstić information content (AvgIpc) is 2.48. The van der Waals surface area contributed by atoms with Gasteiger partial charge < -0.3 is 10.2 Å². The highest BCUT2D eigenvalue weighted by Crippen LogP contribution is 2.22. The summed E-state index contributed by atoms with van der Waals surface area (Å²) in [5, 5.41) is 3.57. The third-order valence-electron chi connectivity index (χ3n) is 3.15. The van der Waals surface area contributed by atoms with Gasteiger partial charge in [-0.15, -0.1) is 0 Å². The van der Waals surface area contributed by atoms with Gasteiger partial charge in [-0.1, -0.05) is 34.6 Å². The number of nitrogens with one attached hydrogen (secondary N) is 1. The lowest BCUT2D eigenvalue weighted by atomic mass is 9.86. The maximum Gasteiger partial charge on any atom is 0.222 e. The van der Waals surface area contributed by atoms with Gasteiger partial charge in [-0.25, -0.2) is 0 Å². The van der Waals surface area contributed by atoms with E-state index in [2.05, 4.69) is 39.9 Å². The van der Waals surface area contributed by atoms with E-state index in [-0.39, 0.29) is 5.41 Å². The number of rotatable bonds is 4. The minimum atomic E-state index is 0.188. The Labute approximate surface area is 99.6 Å². The second-order valence-corrected chi connectivity index (χ2v) is 6.18. The Balaban J connectivity index is 2.59. The highest BCUT2D eigenvalue weighted by atomic mass is 16.2. The Morgan fingerprint density at radius 2 is 2.00 bits per heavy atom. The molecular weight excluding hydrogens is 200 g/mol. The highest BCUT2D eigenvalue weighted by Gasteiger charge is 2.30. The summed E-state index contributed by atoms with van der Waals surface area (Å²) in [6, 6.07) is 0.830. The van der Waals surface area contributed by atoms with Crippen molar-refractivity contribution < 1.29 is 4.79 Å². The molecule has 1 amide bonds. The van der Waals surface area contributed by atoms with Crippen LogP contribution in [-0.4, -0.2) is 36.0 Å². The van der Waals surface area contributed by atoms with Gasteiger partial charge in [0.1, 0.15) is 0 Å². The number of likely N-dealkylation sites (tertiary alicyclic amines) is 1. The lowest BCUT2D eigenvalue weighted by Crippen LogP contribution is -2.51. The lowest BCUT2D eigenvalue weighted by molar-refractivity contribution is -0.128. The Morgan fingerprint density at radius 3 is 2.38 bits per heavy atom. The van der Waals surface area contributed by atoms with Gasteiger partial charge in [0.05, 0.1) is 0 Å². The van der Waals surface area contributed by atoms with Crippen LogP contribution in [0.4, 0.5) is 0 Å². The third kappa shape index (κ3) is 3.78. The van der Waals surface area contributed by atoms with Crippen LogP contribution in [0.1, 0.15) is 47.5 Å². The summed E-state index contributed by atoms with van der Waals surface area (Å²) in [4.78, 5) is 13.6. The van der Waals surface area contributed by atoms with Crippen LogP contribution in [0, 0.1) is 5.41 Å². The van der Waals surface area contributed by atoms with Crippen LogP contribution in [0.5, 0.6) is 0 Å². The van der Waals surface area contributed by atoms with Gasteiger partial charge >= 0.3 is 0 Å². The zero-order valence-corrected chi connectivity index (χ0v) is 11.3. The van der Waals surface area contributed by atoms with Crippen molar-refractivity contribution >= 4 is 5.91 Å². The van der Waals surface area contributed by atoms with Gasteiger partial charge in [-0.05, 0) is 11.8 Å². The molecule has 3 heteroatoms. The Hall–Kier alpha value is -0.570.